The monoisotopic (exact) mass is 485 g/mol. The molecule has 188 valence electrons. The van der Waals surface area contributed by atoms with Crippen molar-refractivity contribution in [1.82, 2.24) is 15.1 Å². The summed E-state index contributed by atoms with van der Waals surface area (Å²) in [6.07, 6.45) is 3.42. The summed E-state index contributed by atoms with van der Waals surface area (Å²) in [6.45, 7) is 8.11. The number of phenols is 1. The topological polar surface area (TPSA) is 65.0 Å². The third kappa shape index (κ3) is 5.82. The van der Waals surface area contributed by atoms with Crippen molar-refractivity contribution in [2.24, 2.45) is 0 Å². The van der Waals surface area contributed by atoms with Gasteiger partial charge in [-0.05, 0) is 96.9 Å². The Labute approximate surface area is 213 Å². The van der Waals surface area contributed by atoms with E-state index in [9.17, 15) is 9.90 Å². The smallest absolute Gasteiger partial charge is 0.317 e. The SMILES string of the molecule is Cc1cc(Cc2ccc(O)cc2-c2ccc(OCCN3CCNC3=O)cc2)ccc1CN1CCCC1. The maximum absolute atomic E-state index is 11.7. The van der Waals surface area contributed by atoms with Crippen LogP contribution in [0.1, 0.15) is 35.1 Å². The van der Waals surface area contributed by atoms with E-state index in [1.54, 1.807) is 11.0 Å². The van der Waals surface area contributed by atoms with Crippen molar-refractivity contribution in [2.75, 3.05) is 39.3 Å². The number of aromatic hydroxyl groups is 1. The number of rotatable bonds is 9. The van der Waals surface area contributed by atoms with Gasteiger partial charge in [0.25, 0.3) is 0 Å². The first kappa shape index (κ1) is 24.2. The Balaban J connectivity index is 1.26. The zero-order valence-electron chi connectivity index (χ0n) is 21.0. The zero-order valence-corrected chi connectivity index (χ0v) is 21.0. The Hall–Kier alpha value is -3.51. The maximum Gasteiger partial charge on any atom is 0.317 e. The quantitative estimate of drug-likeness (QED) is 0.450. The molecule has 3 aromatic carbocycles. The number of phenolic OH excluding ortho intramolecular Hbond substituents is 1. The van der Waals surface area contributed by atoms with Crippen molar-refractivity contribution in [3.05, 3.63) is 82.9 Å². The lowest BCUT2D eigenvalue weighted by molar-refractivity contribution is 0.202. The molecule has 0 aliphatic carbocycles. The highest BCUT2D eigenvalue weighted by molar-refractivity contribution is 5.76. The predicted octanol–water partition coefficient (Wildman–Crippen LogP) is 4.96. The maximum atomic E-state index is 11.7. The van der Waals surface area contributed by atoms with Gasteiger partial charge < -0.3 is 20.1 Å². The second-order valence-corrected chi connectivity index (χ2v) is 9.85. The number of likely N-dealkylation sites (tertiary alicyclic amines) is 1. The number of ether oxygens (including phenoxy) is 1. The molecule has 0 aromatic heterocycles. The molecule has 2 aliphatic rings. The summed E-state index contributed by atoms with van der Waals surface area (Å²) in [6, 6.07) is 20.4. The minimum atomic E-state index is -0.0261. The summed E-state index contributed by atoms with van der Waals surface area (Å²) in [5.74, 6) is 1.03. The van der Waals surface area contributed by atoms with Gasteiger partial charge in [0.1, 0.15) is 18.1 Å². The highest BCUT2D eigenvalue weighted by atomic mass is 16.5. The van der Waals surface area contributed by atoms with Gasteiger partial charge in [-0.25, -0.2) is 4.79 Å². The summed E-state index contributed by atoms with van der Waals surface area (Å²) in [4.78, 5) is 15.9. The van der Waals surface area contributed by atoms with Crippen LogP contribution in [0, 0.1) is 6.92 Å². The van der Waals surface area contributed by atoms with Gasteiger partial charge in [-0.15, -0.1) is 0 Å². The van der Waals surface area contributed by atoms with E-state index < -0.39 is 0 Å². The van der Waals surface area contributed by atoms with Crippen molar-refractivity contribution in [3.63, 3.8) is 0 Å². The number of carbonyl (C=O) groups excluding carboxylic acids is 1. The molecule has 2 saturated heterocycles. The van der Waals surface area contributed by atoms with Gasteiger partial charge in [-0.2, -0.15) is 0 Å². The third-order valence-corrected chi connectivity index (χ3v) is 7.23. The van der Waals surface area contributed by atoms with Crippen LogP contribution in [0.5, 0.6) is 11.5 Å². The molecule has 0 bridgehead atoms. The molecule has 2 fully saturated rings. The van der Waals surface area contributed by atoms with E-state index in [4.69, 9.17) is 4.74 Å². The lowest BCUT2D eigenvalue weighted by atomic mass is 9.93. The summed E-state index contributed by atoms with van der Waals surface area (Å²) >= 11 is 0. The van der Waals surface area contributed by atoms with Gasteiger partial charge in [0.15, 0.2) is 0 Å². The normalized spacial score (nSPS) is 15.9. The molecule has 36 heavy (non-hydrogen) atoms. The van der Waals surface area contributed by atoms with Crippen molar-refractivity contribution >= 4 is 6.03 Å². The lowest BCUT2D eigenvalue weighted by Crippen LogP contribution is -2.31. The van der Waals surface area contributed by atoms with E-state index in [1.807, 2.05) is 36.4 Å². The molecular weight excluding hydrogens is 450 g/mol. The Morgan fingerprint density at radius 1 is 0.944 bits per heavy atom. The van der Waals surface area contributed by atoms with Crippen molar-refractivity contribution in [1.29, 1.82) is 0 Å². The van der Waals surface area contributed by atoms with Crippen LogP contribution in [-0.4, -0.2) is 60.3 Å². The molecule has 2 heterocycles. The van der Waals surface area contributed by atoms with Crippen LogP contribution in [0.2, 0.25) is 0 Å². The Bertz CT molecular complexity index is 1200. The zero-order chi connectivity index (χ0) is 24.9. The predicted molar refractivity (Wildman–Crippen MR) is 143 cm³/mol. The van der Waals surface area contributed by atoms with E-state index in [0.29, 0.717) is 19.7 Å². The minimum absolute atomic E-state index is 0.0261. The van der Waals surface area contributed by atoms with Crippen LogP contribution in [0.3, 0.4) is 0 Å². The number of hydrogen-bond donors (Lipinski definition) is 2. The number of amides is 2. The fourth-order valence-corrected chi connectivity index (χ4v) is 5.16. The Morgan fingerprint density at radius 2 is 1.72 bits per heavy atom. The highest BCUT2D eigenvalue weighted by Gasteiger charge is 2.18. The molecule has 2 N–H and O–H groups in total. The fraction of sp³-hybridized carbons (Fsp3) is 0.367. The molecule has 0 unspecified atom stereocenters. The van der Waals surface area contributed by atoms with Gasteiger partial charge in [-0.1, -0.05) is 36.4 Å². The molecule has 6 nitrogen and oxygen atoms in total. The summed E-state index contributed by atoms with van der Waals surface area (Å²) in [7, 11) is 0. The fourth-order valence-electron chi connectivity index (χ4n) is 5.16. The molecule has 2 amide bonds. The Morgan fingerprint density at radius 3 is 2.44 bits per heavy atom. The number of nitrogens with zero attached hydrogens (tertiary/aromatic N) is 2. The average molecular weight is 486 g/mol. The summed E-state index contributed by atoms with van der Waals surface area (Å²) < 4.78 is 5.85. The van der Waals surface area contributed by atoms with E-state index in [0.717, 1.165) is 36.4 Å². The Kier molecular flexibility index (Phi) is 7.42. The van der Waals surface area contributed by atoms with Crippen LogP contribution in [0.25, 0.3) is 11.1 Å². The van der Waals surface area contributed by atoms with Crippen LogP contribution < -0.4 is 10.1 Å². The molecule has 3 aromatic rings. The van der Waals surface area contributed by atoms with Gasteiger partial charge in [-0.3, -0.25) is 4.90 Å². The van der Waals surface area contributed by atoms with Gasteiger partial charge in [0, 0.05) is 19.6 Å². The van der Waals surface area contributed by atoms with E-state index in [1.165, 1.54) is 48.2 Å². The minimum Gasteiger partial charge on any atom is -0.508 e. The van der Waals surface area contributed by atoms with E-state index >= 15 is 0 Å². The average Bonchev–Trinajstić information content (AvgIpc) is 3.54. The second-order valence-electron chi connectivity index (χ2n) is 9.85. The number of urea groups is 1. The largest absolute Gasteiger partial charge is 0.508 e. The number of aryl methyl sites for hydroxylation is 1. The van der Waals surface area contributed by atoms with Crippen LogP contribution >= 0.6 is 0 Å². The van der Waals surface area contributed by atoms with Crippen molar-refractivity contribution < 1.29 is 14.6 Å². The molecule has 0 radical (unpaired) electrons. The first-order chi connectivity index (χ1) is 17.5. The standard InChI is InChI=1S/C30H35N3O3/c1-22-18-23(4-5-26(22)21-32-13-2-3-14-32)19-25-6-9-27(34)20-29(25)24-7-10-28(11-8-24)36-17-16-33-15-12-31-30(33)35/h4-11,18,20,34H,2-3,12-17,19,21H2,1H3,(H,31,35). The van der Waals surface area contributed by atoms with E-state index in [-0.39, 0.29) is 11.8 Å². The molecule has 6 heteroatoms. The number of nitrogens with one attached hydrogen (secondary N) is 1. The van der Waals surface area contributed by atoms with Crippen LogP contribution in [0.4, 0.5) is 4.79 Å². The first-order valence-electron chi connectivity index (χ1n) is 12.9. The molecule has 5 rings (SSSR count). The third-order valence-electron chi connectivity index (χ3n) is 7.23. The molecule has 0 saturated carbocycles. The molecule has 0 spiro atoms. The lowest BCUT2D eigenvalue weighted by Gasteiger charge is -2.17. The van der Waals surface area contributed by atoms with Crippen LogP contribution in [0.15, 0.2) is 60.7 Å². The van der Waals surface area contributed by atoms with E-state index in [2.05, 4.69) is 35.3 Å². The molecular formula is C30H35N3O3. The van der Waals surface area contributed by atoms with Crippen LogP contribution in [-0.2, 0) is 13.0 Å². The highest BCUT2D eigenvalue weighted by Crippen LogP contribution is 2.31. The van der Waals surface area contributed by atoms with Gasteiger partial charge >= 0.3 is 6.03 Å². The van der Waals surface area contributed by atoms with Gasteiger partial charge in [0.05, 0.1) is 6.54 Å². The van der Waals surface area contributed by atoms with Crippen molar-refractivity contribution in [3.8, 4) is 22.6 Å². The molecule has 2 aliphatic heterocycles. The summed E-state index contributed by atoms with van der Waals surface area (Å²) in [5.41, 5.74) is 7.26. The van der Waals surface area contributed by atoms with Crippen molar-refractivity contribution in [2.45, 2.75) is 32.7 Å². The number of carbonyl (C=O) groups is 1. The number of hydrogen-bond acceptors (Lipinski definition) is 4. The van der Waals surface area contributed by atoms with Gasteiger partial charge in [0.2, 0.25) is 0 Å². The molecule has 0 atom stereocenters. The number of benzene rings is 3. The second kappa shape index (κ2) is 11.0. The summed E-state index contributed by atoms with van der Waals surface area (Å²) in [5, 5.41) is 13.0. The first-order valence-corrected chi connectivity index (χ1v) is 12.9.